The van der Waals surface area contributed by atoms with Crippen LogP contribution in [0.5, 0.6) is 0 Å². The fourth-order valence-corrected chi connectivity index (χ4v) is 5.33. The van der Waals surface area contributed by atoms with E-state index in [4.69, 9.17) is 17.0 Å². The van der Waals surface area contributed by atoms with E-state index in [0.29, 0.717) is 44.7 Å². The Kier molecular flexibility index (Phi) is 7.80. The van der Waals surface area contributed by atoms with Gasteiger partial charge in [-0.3, -0.25) is 0 Å². The molecule has 190 valence electrons. The van der Waals surface area contributed by atoms with E-state index in [1.54, 1.807) is 0 Å². The monoisotopic (exact) mass is 507 g/mol. The van der Waals surface area contributed by atoms with Crippen molar-refractivity contribution in [1.82, 2.24) is 15.3 Å². The quantitative estimate of drug-likeness (QED) is 0.552. The first kappa shape index (κ1) is 25.6. The lowest BCUT2D eigenvalue weighted by molar-refractivity contribution is -0.141. The highest BCUT2D eigenvalue weighted by Crippen LogP contribution is 2.35. The number of ether oxygens (including phenoxy) is 1. The molecular weight excluding hydrogens is 475 g/mol. The Morgan fingerprint density at radius 1 is 1.11 bits per heavy atom. The molecule has 3 heterocycles. The van der Waals surface area contributed by atoms with Crippen molar-refractivity contribution < 1.29 is 17.9 Å². The maximum atomic E-state index is 13.6. The van der Waals surface area contributed by atoms with Crippen molar-refractivity contribution >= 4 is 29.1 Å². The van der Waals surface area contributed by atoms with Crippen LogP contribution in [-0.4, -0.2) is 47.9 Å². The molecule has 2 N–H and O–H groups in total. The van der Waals surface area contributed by atoms with Crippen molar-refractivity contribution in [2.45, 2.75) is 44.7 Å². The first-order chi connectivity index (χ1) is 16.6. The van der Waals surface area contributed by atoms with E-state index in [9.17, 15) is 13.2 Å². The molecule has 4 rings (SSSR count). The zero-order chi connectivity index (χ0) is 25.1. The number of hydrogen-bond acceptors (Lipinski definition) is 5. The van der Waals surface area contributed by atoms with Gasteiger partial charge in [0.25, 0.3) is 0 Å². The molecule has 2 fully saturated rings. The van der Waals surface area contributed by atoms with Gasteiger partial charge in [0.05, 0.1) is 0 Å². The maximum absolute atomic E-state index is 13.6. The number of aromatic nitrogens is 2. The van der Waals surface area contributed by atoms with E-state index in [-0.39, 0.29) is 22.3 Å². The molecule has 0 radical (unpaired) electrons. The molecule has 2 atom stereocenters. The Labute approximate surface area is 209 Å². The summed E-state index contributed by atoms with van der Waals surface area (Å²) >= 11 is 5.45. The minimum Gasteiger partial charge on any atom is -0.381 e. The third kappa shape index (κ3) is 6.41. The number of piperidine rings is 1. The van der Waals surface area contributed by atoms with Gasteiger partial charge >= 0.3 is 6.18 Å². The van der Waals surface area contributed by atoms with Gasteiger partial charge in [-0.05, 0) is 48.9 Å². The maximum Gasteiger partial charge on any atom is 0.433 e. The van der Waals surface area contributed by atoms with Crippen LogP contribution in [0.25, 0.3) is 0 Å². The molecule has 0 saturated carbocycles. The molecule has 0 amide bonds. The number of rotatable bonds is 5. The number of halogens is 3. The fourth-order valence-electron chi connectivity index (χ4n) is 5.16. The number of nitrogens with one attached hydrogen (secondary N) is 2. The van der Waals surface area contributed by atoms with Crippen LogP contribution in [-0.2, 0) is 16.3 Å². The van der Waals surface area contributed by atoms with Crippen LogP contribution in [0.4, 0.5) is 24.9 Å². The summed E-state index contributed by atoms with van der Waals surface area (Å²) in [7, 11) is 0. The van der Waals surface area contributed by atoms with Crippen molar-refractivity contribution in [2.75, 3.05) is 43.1 Å². The van der Waals surface area contributed by atoms with Gasteiger partial charge < -0.3 is 20.3 Å². The smallest absolute Gasteiger partial charge is 0.381 e. The molecule has 10 heteroatoms. The second-order valence-electron chi connectivity index (χ2n) is 9.85. The molecule has 2 saturated heterocycles. The van der Waals surface area contributed by atoms with Crippen LogP contribution in [0.2, 0.25) is 0 Å². The molecule has 0 aliphatic carbocycles. The van der Waals surface area contributed by atoms with Gasteiger partial charge in [-0.2, -0.15) is 18.2 Å². The Morgan fingerprint density at radius 2 is 1.77 bits per heavy atom. The Morgan fingerprint density at radius 3 is 2.40 bits per heavy atom. The Balaban J connectivity index is 1.51. The van der Waals surface area contributed by atoms with Crippen molar-refractivity contribution in [3.05, 3.63) is 47.7 Å². The van der Waals surface area contributed by atoms with Crippen molar-refractivity contribution in [2.24, 2.45) is 11.8 Å². The normalized spacial score (nSPS) is 22.5. The predicted molar refractivity (Wildman–Crippen MR) is 135 cm³/mol. The lowest BCUT2D eigenvalue weighted by atomic mass is 9.74. The van der Waals surface area contributed by atoms with Crippen molar-refractivity contribution in [1.29, 1.82) is 0 Å². The molecule has 2 aromatic rings. The van der Waals surface area contributed by atoms with E-state index < -0.39 is 11.9 Å². The summed E-state index contributed by atoms with van der Waals surface area (Å²) in [6, 6.07) is 11.2. The second kappa shape index (κ2) is 10.7. The van der Waals surface area contributed by atoms with Gasteiger partial charge in [0.2, 0.25) is 5.95 Å². The SMILES string of the molecule is C[C@@H]1C[C@@H](C)CN(c2cc(C(F)(F)F)nc(NC(=S)NCC3(c4ccccc4)CCOCC3)n2)C1. The van der Waals surface area contributed by atoms with Gasteiger partial charge in [-0.1, -0.05) is 44.2 Å². The van der Waals surface area contributed by atoms with Crippen LogP contribution in [0.15, 0.2) is 36.4 Å². The molecular formula is C25H32F3N5OS. The molecule has 1 aromatic carbocycles. The highest BCUT2D eigenvalue weighted by Gasteiger charge is 2.36. The molecule has 2 aliphatic heterocycles. The number of thiocarbonyl (C=S) groups is 1. The van der Waals surface area contributed by atoms with E-state index in [2.05, 4.69) is 46.6 Å². The second-order valence-corrected chi connectivity index (χ2v) is 10.3. The van der Waals surface area contributed by atoms with Gasteiger partial charge in [0.15, 0.2) is 10.8 Å². The highest BCUT2D eigenvalue weighted by molar-refractivity contribution is 7.80. The van der Waals surface area contributed by atoms with Gasteiger partial charge in [0.1, 0.15) is 5.82 Å². The number of hydrogen-bond donors (Lipinski definition) is 2. The Bertz CT molecular complexity index is 1000. The summed E-state index contributed by atoms with van der Waals surface area (Å²) in [5, 5.41) is 6.20. The molecule has 0 bridgehead atoms. The third-order valence-electron chi connectivity index (χ3n) is 6.84. The van der Waals surface area contributed by atoms with Crippen LogP contribution in [0.1, 0.15) is 44.4 Å². The van der Waals surface area contributed by atoms with Crippen molar-refractivity contribution in [3.8, 4) is 0 Å². The zero-order valence-electron chi connectivity index (χ0n) is 20.1. The Hall–Kier alpha value is -2.46. The zero-order valence-corrected chi connectivity index (χ0v) is 20.9. The topological polar surface area (TPSA) is 62.3 Å². The number of anilines is 2. The summed E-state index contributed by atoms with van der Waals surface area (Å²) in [4.78, 5) is 10.0. The largest absolute Gasteiger partial charge is 0.433 e. The van der Waals surface area contributed by atoms with Crippen LogP contribution >= 0.6 is 12.2 Å². The average Bonchev–Trinajstić information content (AvgIpc) is 2.82. The number of benzene rings is 1. The first-order valence-electron chi connectivity index (χ1n) is 12.0. The highest BCUT2D eigenvalue weighted by atomic mass is 32.1. The predicted octanol–water partition coefficient (Wildman–Crippen LogP) is 5.01. The third-order valence-corrected chi connectivity index (χ3v) is 7.09. The average molecular weight is 508 g/mol. The van der Waals surface area contributed by atoms with E-state index in [1.807, 2.05) is 23.1 Å². The summed E-state index contributed by atoms with van der Waals surface area (Å²) in [6.07, 6.45) is -1.90. The van der Waals surface area contributed by atoms with Crippen LogP contribution in [0.3, 0.4) is 0 Å². The summed E-state index contributed by atoms with van der Waals surface area (Å²) < 4.78 is 46.5. The van der Waals surface area contributed by atoms with Crippen LogP contribution < -0.4 is 15.5 Å². The lowest BCUT2D eigenvalue weighted by Crippen LogP contribution is -2.45. The minimum atomic E-state index is -4.59. The van der Waals surface area contributed by atoms with E-state index in [0.717, 1.165) is 25.3 Å². The summed E-state index contributed by atoms with van der Waals surface area (Å²) in [5.41, 5.74) is 0.0268. The number of nitrogens with zero attached hydrogens (tertiary/aromatic N) is 3. The molecule has 1 aromatic heterocycles. The van der Waals surface area contributed by atoms with E-state index >= 15 is 0 Å². The molecule has 2 aliphatic rings. The van der Waals surface area contributed by atoms with Crippen molar-refractivity contribution in [3.63, 3.8) is 0 Å². The molecule has 35 heavy (non-hydrogen) atoms. The molecule has 0 spiro atoms. The fraction of sp³-hybridized carbons (Fsp3) is 0.560. The summed E-state index contributed by atoms with van der Waals surface area (Å²) in [6.45, 7) is 7.33. The standard InChI is InChI=1S/C25H32F3N5OS/c1-17-12-18(2)15-33(14-17)21-13-20(25(26,27)28)30-22(31-21)32-23(35)29-16-24(8-10-34-11-9-24)19-6-4-3-5-7-19/h3-7,13,17-18H,8-12,14-16H2,1-2H3,(H2,29,30,31,32,35)/t17-,18-/m1/s1. The first-order valence-corrected chi connectivity index (χ1v) is 12.4. The van der Waals surface area contributed by atoms with Gasteiger partial charge in [-0.15, -0.1) is 0 Å². The lowest BCUT2D eigenvalue weighted by Gasteiger charge is -2.38. The van der Waals surface area contributed by atoms with Gasteiger partial charge in [0, 0.05) is 44.3 Å². The molecule has 6 nitrogen and oxygen atoms in total. The minimum absolute atomic E-state index is 0.154. The summed E-state index contributed by atoms with van der Waals surface area (Å²) in [5.74, 6) is 0.854. The van der Waals surface area contributed by atoms with Gasteiger partial charge in [-0.25, -0.2) is 4.98 Å². The molecule has 0 unspecified atom stereocenters. The van der Waals surface area contributed by atoms with Crippen LogP contribution in [0, 0.1) is 11.8 Å². The van der Waals surface area contributed by atoms with E-state index in [1.165, 1.54) is 5.56 Å². The number of alkyl halides is 3.